The molecule has 4 atom stereocenters. The first-order valence-corrected chi connectivity index (χ1v) is 10.9. The third-order valence-corrected chi connectivity index (χ3v) is 6.57. The van der Waals surface area contributed by atoms with Gasteiger partial charge in [0.15, 0.2) is 0 Å². The monoisotopic (exact) mass is 450 g/mol. The number of thioether (sulfide) groups is 1. The molecule has 0 radical (unpaired) electrons. The first-order valence-electron chi connectivity index (χ1n) is 10.0. The fourth-order valence-electron chi connectivity index (χ4n) is 3.67. The van der Waals surface area contributed by atoms with Crippen molar-refractivity contribution in [2.45, 2.75) is 62.6 Å². The van der Waals surface area contributed by atoms with Crippen LogP contribution in [0.25, 0.3) is 0 Å². The maximum absolute atomic E-state index is 12.8. The summed E-state index contributed by atoms with van der Waals surface area (Å²) < 4.78 is 14.1. The van der Waals surface area contributed by atoms with E-state index in [4.69, 9.17) is 9.47 Å². The Balaban J connectivity index is 1.60. The van der Waals surface area contributed by atoms with Crippen LogP contribution in [-0.2, 0) is 35.0 Å². The molecule has 0 aromatic heterocycles. The van der Waals surface area contributed by atoms with E-state index >= 15 is 0 Å². The van der Waals surface area contributed by atoms with Crippen LogP contribution in [0.4, 0.5) is 4.79 Å². The first kappa shape index (κ1) is 22.9. The van der Waals surface area contributed by atoms with E-state index in [1.807, 2.05) is 44.2 Å². The second-order valence-electron chi connectivity index (χ2n) is 7.77. The van der Waals surface area contributed by atoms with Gasteiger partial charge in [-0.25, -0.2) is 9.59 Å². The van der Waals surface area contributed by atoms with Crippen molar-refractivity contribution in [3.63, 3.8) is 0 Å². The average Bonchev–Trinajstić information content (AvgIpc) is 2.95. The molecule has 0 bridgehead atoms. The maximum atomic E-state index is 12.8. The molecule has 2 unspecified atom stereocenters. The van der Waals surface area contributed by atoms with Gasteiger partial charge in [-0.1, -0.05) is 30.3 Å². The van der Waals surface area contributed by atoms with E-state index in [9.17, 15) is 19.2 Å². The number of rotatable bonds is 7. The van der Waals surface area contributed by atoms with Crippen molar-refractivity contribution >= 4 is 35.7 Å². The van der Waals surface area contributed by atoms with Gasteiger partial charge in [0.05, 0.1) is 13.0 Å². The molecule has 2 fully saturated rings. The molecule has 168 valence electrons. The number of nitrogens with zero attached hydrogens (tertiary/aromatic N) is 1. The minimum Gasteiger partial charge on any atom is -0.435 e. The summed E-state index contributed by atoms with van der Waals surface area (Å²) in [5, 5.41) is 2.40. The van der Waals surface area contributed by atoms with Crippen LogP contribution < -0.4 is 5.32 Å². The third kappa shape index (κ3) is 4.95. The van der Waals surface area contributed by atoms with Crippen molar-refractivity contribution in [2.75, 3.05) is 6.61 Å². The number of carbonyl (C=O) groups excluding carboxylic acids is 4. The molecule has 0 aliphatic carbocycles. The maximum Gasteiger partial charge on any atom is 0.511 e. The van der Waals surface area contributed by atoms with Gasteiger partial charge in [-0.2, -0.15) is 0 Å². The molecule has 1 aromatic rings. The highest BCUT2D eigenvalue weighted by Gasteiger charge is 2.64. The Morgan fingerprint density at radius 1 is 1.19 bits per heavy atom. The SMILES string of the molecule is CCOC(=O)OC(C)OC(=O)[C@@H]1N2C(=O)C(NC(=O)Cc3ccccc3)[C@H]2SC1(C)C. The van der Waals surface area contributed by atoms with E-state index in [1.54, 1.807) is 6.92 Å². The van der Waals surface area contributed by atoms with E-state index < -0.39 is 35.2 Å². The summed E-state index contributed by atoms with van der Waals surface area (Å²) in [5.41, 5.74) is 0.847. The fraction of sp³-hybridized carbons (Fsp3) is 0.524. The summed E-state index contributed by atoms with van der Waals surface area (Å²) in [4.78, 5) is 50.7. The molecule has 2 heterocycles. The molecule has 2 aliphatic heterocycles. The van der Waals surface area contributed by atoms with Crippen molar-refractivity contribution in [3.8, 4) is 0 Å². The van der Waals surface area contributed by atoms with Gasteiger partial charge >= 0.3 is 12.1 Å². The molecular formula is C21H26N2O7S. The number of carbonyl (C=O) groups is 4. The number of hydrogen-bond acceptors (Lipinski definition) is 8. The van der Waals surface area contributed by atoms with Crippen molar-refractivity contribution < 1.29 is 33.4 Å². The number of ether oxygens (including phenoxy) is 3. The zero-order valence-corrected chi connectivity index (χ0v) is 18.6. The van der Waals surface area contributed by atoms with Gasteiger partial charge in [-0.05, 0) is 26.3 Å². The second-order valence-corrected chi connectivity index (χ2v) is 9.54. The van der Waals surface area contributed by atoms with Crippen LogP contribution in [0, 0.1) is 0 Å². The summed E-state index contributed by atoms with van der Waals surface area (Å²) in [6.45, 7) is 6.81. The molecule has 1 N–H and O–H groups in total. The van der Waals surface area contributed by atoms with Gasteiger partial charge in [0.1, 0.15) is 17.5 Å². The van der Waals surface area contributed by atoms with Crippen molar-refractivity contribution in [1.29, 1.82) is 0 Å². The van der Waals surface area contributed by atoms with Gasteiger partial charge in [0, 0.05) is 11.7 Å². The van der Waals surface area contributed by atoms with Crippen LogP contribution in [0.1, 0.15) is 33.3 Å². The third-order valence-electron chi connectivity index (χ3n) is 4.99. The van der Waals surface area contributed by atoms with Gasteiger partial charge in [-0.3, -0.25) is 9.59 Å². The molecule has 0 saturated carbocycles. The van der Waals surface area contributed by atoms with Crippen molar-refractivity contribution in [2.24, 2.45) is 0 Å². The van der Waals surface area contributed by atoms with Gasteiger partial charge in [0.25, 0.3) is 0 Å². The van der Waals surface area contributed by atoms with E-state index in [0.717, 1.165) is 5.56 Å². The van der Waals surface area contributed by atoms with Crippen LogP contribution in [0.5, 0.6) is 0 Å². The van der Waals surface area contributed by atoms with E-state index in [2.05, 4.69) is 10.1 Å². The fourth-order valence-corrected chi connectivity index (χ4v) is 5.29. The Bertz CT molecular complexity index is 861. The number of β-lactam (4-membered cyclic amide) rings is 1. The average molecular weight is 451 g/mol. The largest absolute Gasteiger partial charge is 0.511 e. The normalized spacial score (nSPS) is 24.5. The second kappa shape index (κ2) is 9.17. The number of fused-ring (bicyclic) bond motifs is 1. The van der Waals surface area contributed by atoms with Crippen molar-refractivity contribution in [1.82, 2.24) is 10.2 Å². The highest BCUT2D eigenvalue weighted by atomic mass is 32.2. The van der Waals surface area contributed by atoms with Crippen molar-refractivity contribution in [3.05, 3.63) is 35.9 Å². The van der Waals surface area contributed by atoms with Crippen LogP contribution in [0.2, 0.25) is 0 Å². The Labute approximate surface area is 184 Å². The van der Waals surface area contributed by atoms with Gasteiger partial charge < -0.3 is 24.4 Å². The molecule has 3 rings (SSSR count). The Kier molecular flexibility index (Phi) is 6.78. The molecule has 1 aromatic carbocycles. The lowest BCUT2D eigenvalue weighted by Gasteiger charge is -2.44. The van der Waals surface area contributed by atoms with Crippen LogP contribution >= 0.6 is 11.8 Å². The number of hydrogen-bond donors (Lipinski definition) is 1. The number of nitrogens with one attached hydrogen (secondary N) is 1. The minimum atomic E-state index is -1.16. The number of benzene rings is 1. The molecule has 10 heteroatoms. The van der Waals surface area contributed by atoms with Crippen LogP contribution in [0.15, 0.2) is 30.3 Å². The Morgan fingerprint density at radius 3 is 2.52 bits per heavy atom. The summed E-state index contributed by atoms with van der Waals surface area (Å²) in [5.74, 6) is -1.28. The molecular weight excluding hydrogens is 424 g/mol. The number of amides is 2. The standard InChI is InChI=1S/C21H26N2O7S/c1-5-28-20(27)30-12(2)29-19(26)16-21(3,4)31-18-15(17(25)23(16)18)22-14(24)11-13-9-7-6-8-10-13/h6-10,12,15-16,18H,5,11H2,1-4H3,(H,22,24)/t12?,15?,16-,18+/m0/s1. The quantitative estimate of drug-likeness (QED) is 0.381. The first-order chi connectivity index (χ1) is 14.6. The topological polar surface area (TPSA) is 111 Å². The highest BCUT2D eigenvalue weighted by molar-refractivity contribution is 8.01. The lowest BCUT2D eigenvalue weighted by molar-refractivity contribution is -0.180. The molecule has 2 saturated heterocycles. The lowest BCUT2D eigenvalue weighted by Crippen LogP contribution is -2.71. The summed E-state index contributed by atoms with van der Waals surface area (Å²) in [7, 11) is 0. The number of esters is 1. The summed E-state index contributed by atoms with van der Waals surface area (Å²) >= 11 is 1.42. The molecule has 0 spiro atoms. The summed E-state index contributed by atoms with van der Waals surface area (Å²) in [6, 6.07) is 7.66. The predicted molar refractivity (Wildman–Crippen MR) is 112 cm³/mol. The minimum absolute atomic E-state index is 0.132. The van der Waals surface area contributed by atoms with Gasteiger partial charge in [-0.15, -0.1) is 11.8 Å². The zero-order chi connectivity index (χ0) is 22.8. The molecule has 9 nitrogen and oxygen atoms in total. The highest BCUT2D eigenvalue weighted by Crippen LogP contribution is 2.51. The summed E-state index contributed by atoms with van der Waals surface area (Å²) in [6.07, 6.45) is -1.94. The van der Waals surface area contributed by atoms with E-state index in [-0.39, 0.29) is 30.2 Å². The van der Waals surface area contributed by atoms with Gasteiger partial charge in [0.2, 0.25) is 18.1 Å². The van der Waals surface area contributed by atoms with E-state index in [0.29, 0.717) is 0 Å². The van der Waals surface area contributed by atoms with Crippen LogP contribution in [-0.4, -0.2) is 63.9 Å². The molecule has 31 heavy (non-hydrogen) atoms. The molecule has 2 aliphatic rings. The van der Waals surface area contributed by atoms with E-state index in [1.165, 1.54) is 23.6 Å². The predicted octanol–water partition coefficient (Wildman–Crippen LogP) is 1.84. The molecule has 2 amide bonds. The van der Waals surface area contributed by atoms with Crippen LogP contribution in [0.3, 0.4) is 0 Å². The zero-order valence-electron chi connectivity index (χ0n) is 17.8. The Morgan fingerprint density at radius 2 is 1.87 bits per heavy atom. The lowest BCUT2D eigenvalue weighted by atomic mass is 9.96. The Hall–Kier alpha value is -2.75. The smallest absolute Gasteiger partial charge is 0.435 e.